The van der Waals surface area contributed by atoms with Crippen LogP contribution in [0.5, 0.6) is 0 Å². The van der Waals surface area contributed by atoms with Gasteiger partial charge >= 0.3 is 12.4 Å². The van der Waals surface area contributed by atoms with E-state index in [0.29, 0.717) is 36.4 Å². The van der Waals surface area contributed by atoms with Crippen molar-refractivity contribution in [2.45, 2.75) is 22.1 Å². The molecule has 0 heterocycles. The molecule has 0 saturated heterocycles. The van der Waals surface area contributed by atoms with Gasteiger partial charge in [0.1, 0.15) is 9.83 Å². The van der Waals surface area contributed by atoms with Crippen molar-refractivity contribution in [2.75, 3.05) is 0 Å². The van der Waals surface area contributed by atoms with Crippen LogP contribution in [0.25, 0.3) is 0 Å². The number of alkyl halides is 6. The topological polar surface area (TPSA) is 68.3 Å². The third kappa shape index (κ3) is 5.51. The Bertz CT molecular complexity index is 1070. The summed E-state index contributed by atoms with van der Waals surface area (Å²) in [6, 6.07) is 2.31. The second-order valence-corrected chi connectivity index (χ2v) is 13.2. The van der Waals surface area contributed by atoms with Crippen molar-refractivity contribution in [3.05, 3.63) is 57.6 Å². The van der Waals surface area contributed by atoms with Crippen LogP contribution < -0.4 is 0 Å². The Morgan fingerprint density at radius 2 is 0.966 bits per heavy atom. The van der Waals surface area contributed by atoms with E-state index < -0.39 is 70.9 Å². The van der Waals surface area contributed by atoms with Gasteiger partial charge in [0.15, 0.2) is 0 Å². The molecule has 0 radical (unpaired) electrons. The molecule has 2 aromatic carbocycles. The molecular weight excluding hydrogens is 513 g/mol. The molecule has 0 atom stereocenters. The minimum atomic E-state index is -4.87. The Balaban J connectivity index is 2.44. The van der Waals surface area contributed by atoms with E-state index in [1.54, 1.807) is 0 Å². The quantitative estimate of drug-likeness (QED) is 0.375. The maximum atomic E-state index is 12.6. The van der Waals surface area contributed by atoms with Crippen LogP contribution in [-0.2, 0) is 30.1 Å². The third-order valence-electron chi connectivity index (χ3n) is 3.24. The van der Waals surface area contributed by atoms with Gasteiger partial charge in [-0.3, -0.25) is 0 Å². The minimum absolute atomic E-state index is 0.298. The molecule has 0 spiro atoms. The third-order valence-corrected chi connectivity index (χ3v) is 11.6. The number of benzene rings is 2. The van der Waals surface area contributed by atoms with Crippen LogP contribution in [0, 0.1) is 0 Å². The molecule has 0 unspecified atom stereocenters. The van der Waals surface area contributed by atoms with Crippen molar-refractivity contribution < 1.29 is 43.2 Å². The lowest BCUT2D eigenvalue weighted by Crippen LogP contribution is -2.09. The van der Waals surface area contributed by atoms with Crippen molar-refractivity contribution in [2.24, 2.45) is 0 Å². The fourth-order valence-electron chi connectivity index (χ4n) is 1.95. The van der Waals surface area contributed by atoms with Gasteiger partial charge in [0.25, 0.3) is 0 Å². The zero-order valence-corrected chi connectivity index (χ0v) is 17.3. The van der Waals surface area contributed by atoms with Gasteiger partial charge in [0.05, 0.1) is 31.0 Å². The molecule has 2 rings (SSSR count). The molecule has 0 fully saturated rings. The normalized spacial score (nSPS) is 13.5. The summed E-state index contributed by atoms with van der Waals surface area (Å²) in [4.78, 5) is -1.85. The van der Waals surface area contributed by atoms with Crippen LogP contribution in [0.3, 0.4) is 0 Å². The Morgan fingerprint density at radius 1 is 0.655 bits per heavy atom. The van der Waals surface area contributed by atoms with Gasteiger partial charge in [0, 0.05) is 0 Å². The Labute approximate surface area is 173 Å². The summed E-state index contributed by atoms with van der Waals surface area (Å²) in [5.74, 6) is 0. The molecule has 0 amide bonds. The predicted octanol–water partition coefficient (Wildman–Crippen LogP) is 5.84. The van der Waals surface area contributed by atoms with Gasteiger partial charge in [-0.05, 0) is 36.4 Å². The molecule has 0 saturated carbocycles. The molecule has 0 aromatic heterocycles. The monoisotopic (exact) mass is 518 g/mol. The lowest BCUT2D eigenvalue weighted by molar-refractivity contribution is -0.138. The summed E-state index contributed by atoms with van der Waals surface area (Å²) in [6.07, 6.45) is -9.64. The number of rotatable bonds is 4. The van der Waals surface area contributed by atoms with Crippen molar-refractivity contribution in [1.82, 2.24) is 0 Å². The number of hydrogen-bond donors (Lipinski definition) is 0. The second kappa shape index (κ2) is 7.84. The first kappa shape index (κ1) is 24.1. The standard InChI is InChI=1S/C14H6Cl2F6O4S3/c15-9-5-7(13(17,18)19)1-3-11(9)28(23,24)27-29(25,26)12-4-2-8(6-10(12)16)14(20,21)22/h1-6H. The van der Waals surface area contributed by atoms with E-state index in [1.807, 2.05) is 0 Å². The molecule has 0 aliphatic rings. The first-order valence-corrected chi connectivity index (χ1v) is 12.5. The zero-order chi connectivity index (χ0) is 22.4. The highest BCUT2D eigenvalue weighted by Gasteiger charge is 2.36. The predicted molar refractivity (Wildman–Crippen MR) is 94.9 cm³/mol. The van der Waals surface area contributed by atoms with Gasteiger partial charge in [-0.1, -0.05) is 23.2 Å². The molecular formula is C14H6Cl2F6O4S3. The van der Waals surface area contributed by atoms with E-state index in [4.69, 9.17) is 23.2 Å². The highest BCUT2D eigenvalue weighted by atomic mass is 35.5. The van der Waals surface area contributed by atoms with E-state index in [9.17, 15) is 43.2 Å². The van der Waals surface area contributed by atoms with Crippen LogP contribution in [0.4, 0.5) is 26.3 Å². The average Bonchev–Trinajstić information content (AvgIpc) is 2.51. The maximum Gasteiger partial charge on any atom is 0.416 e. The van der Waals surface area contributed by atoms with Gasteiger partial charge in [0.2, 0.25) is 17.7 Å². The van der Waals surface area contributed by atoms with Crippen molar-refractivity contribution >= 4 is 50.8 Å². The SMILES string of the molecule is O=S(=O)(SS(=O)(=O)c1ccc(C(F)(F)F)cc1Cl)c1ccc(C(F)(F)F)cc1Cl. The Morgan fingerprint density at radius 3 is 1.21 bits per heavy atom. The Hall–Kier alpha value is -1.15. The van der Waals surface area contributed by atoms with Crippen LogP contribution in [0.15, 0.2) is 46.2 Å². The maximum absolute atomic E-state index is 12.6. The van der Waals surface area contributed by atoms with E-state index in [2.05, 4.69) is 0 Å². The van der Waals surface area contributed by atoms with Crippen molar-refractivity contribution in [3.8, 4) is 0 Å². The molecule has 0 aliphatic carbocycles. The Kier molecular flexibility index (Phi) is 6.52. The molecule has 0 N–H and O–H groups in total. The van der Waals surface area contributed by atoms with Crippen LogP contribution >= 0.6 is 33.0 Å². The molecule has 160 valence electrons. The van der Waals surface area contributed by atoms with E-state index in [0.717, 1.165) is 0 Å². The van der Waals surface area contributed by atoms with Gasteiger partial charge < -0.3 is 0 Å². The smallest absolute Gasteiger partial charge is 0.211 e. The number of halogens is 8. The highest BCUT2D eigenvalue weighted by Crippen LogP contribution is 2.41. The van der Waals surface area contributed by atoms with Crippen molar-refractivity contribution in [1.29, 1.82) is 0 Å². The molecule has 4 nitrogen and oxygen atoms in total. The van der Waals surface area contributed by atoms with Gasteiger partial charge in [-0.2, -0.15) is 26.3 Å². The van der Waals surface area contributed by atoms with Crippen LogP contribution in [0.1, 0.15) is 11.1 Å². The second-order valence-electron chi connectivity index (χ2n) is 5.26. The summed E-state index contributed by atoms with van der Waals surface area (Å²) in [5.41, 5.74) is -2.53. The van der Waals surface area contributed by atoms with Crippen LogP contribution in [0.2, 0.25) is 10.0 Å². The summed E-state index contributed by atoms with van der Waals surface area (Å²) in [7, 11) is -10.5. The summed E-state index contributed by atoms with van der Waals surface area (Å²) in [6.45, 7) is 0. The number of hydrogen-bond acceptors (Lipinski definition) is 5. The first-order valence-electron chi connectivity index (χ1n) is 6.90. The molecule has 15 heteroatoms. The molecule has 29 heavy (non-hydrogen) atoms. The lowest BCUT2D eigenvalue weighted by atomic mass is 10.2. The molecule has 2 aromatic rings. The van der Waals surface area contributed by atoms with Crippen LogP contribution in [-0.4, -0.2) is 16.8 Å². The fourth-order valence-corrected chi connectivity index (χ4v) is 10.1. The molecule has 0 aliphatic heterocycles. The first-order chi connectivity index (χ1) is 12.9. The van der Waals surface area contributed by atoms with E-state index >= 15 is 0 Å². The lowest BCUT2D eigenvalue weighted by Gasteiger charge is -2.12. The summed E-state index contributed by atoms with van der Waals surface area (Å²) >= 11 is 11.1. The van der Waals surface area contributed by atoms with Gasteiger partial charge in [-0.25, -0.2) is 16.8 Å². The summed E-state index contributed by atoms with van der Waals surface area (Å²) < 4.78 is 125. The highest BCUT2D eigenvalue weighted by molar-refractivity contribution is 9.04. The average molecular weight is 519 g/mol. The van der Waals surface area contributed by atoms with Gasteiger partial charge in [-0.15, -0.1) is 0 Å². The fraction of sp³-hybridized carbons (Fsp3) is 0.143. The molecule has 0 bridgehead atoms. The zero-order valence-electron chi connectivity index (χ0n) is 13.3. The largest absolute Gasteiger partial charge is 0.416 e. The van der Waals surface area contributed by atoms with E-state index in [-0.39, 0.29) is 0 Å². The minimum Gasteiger partial charge on any atom is -0.211 e. The summed E-state index contributed by atoms with van der Waals surface area (Å²) in [5, 5.41) is -1.78. The van der Waals surface area contributed by atoms with E-state index in [1.165, 1.54) is 0 Å². The van der Waals surface area contributed by atoms with Crippen molar-refractivity contribution in [3.63, 3.8) is 0 Å².